The number of nitrogens with zero attached hydrogens (tertiary/aromatic N) is 3. The lowest BCUT2D eigenvalue weighted by atomic mass is 10.2. The normalized spacial score (nSPS) is 18.8. The van der Waals surface area contributed by atoms with Crippen LogP contribution in [0.3, 0.4) is 0 Å². The molecule has 0 aliphatic carbocycles. The third-order valence-corrected chi connectivity index (χ3v) is 5.30. The summed E-state index contributed by atoms with van der Waals surface area (Å²) >= 11 is 6.37. The van der Waals surface area contributed by atoms with Crippen molar-refractivity contribution in [3.63, 3.8) is 0 Å². The maximum absolute atomic E-state index is 11.3. The molecule has 4 rings (SSSR count). The fourth-order valence-corrected chi connectivity index (χ4v) is 4.02. The molecule has 8 heteroatoms. The predicted octanol–water partition coefficient (Wildman–Crippen LogP) is 2.74. The first-order valence-corrected chi connectivity index (χ1v) is 9.99. The number of pyridine rings is 1. The zero-order valence-electron chi connectivity index (χ0n) is 13.7. The number of imidazole rings is 1. The van der Waals surface area contributed by atoms with Gasteiger partial charge in [0.2, 0.25) is 0 Å². The quantitative estimate of drug-likeness (QED) is 0.735. The number of para-hydroxylation sites is 2. The van der Waals surface area contributed by atoms with Crippen LogP contribution in [-0.2, 0) is 11.0 Å². The molecule has 1 aromatic carbocycles. The van der Waals surface area contributed by atoms with E-state index in [0.717, 1.165) is 47.7 Å². The van der Waals surface area contributed by atoms with Crippen molar-refractivity contribution in [3.8, 4) is 11.4 Å². The summed E-state index contributed by atoms with van der Waals surface area (Å²) in [5.41, 5.74) is 2.71. The third-order valence-electron chi connectivity index (χ3n) is 4.33. The smallest absolute Gasteiger partial charge is 0.140 e. The van der Waals surface area contributed by atoms with Crippen LogP contribution >= 0.6 is 11.6 Å². The third kappa shape index (κ3) is 3.40. The van der Waals surface area contributed by atoms with E-state index in [4.69, 9.17) is 11.6 Å². The number of H-pyrrole nitrogens is 1. The number of aromatic nitrogens is 3. The molecule has 1 aliphatic heterocycles. The summed E-state index contributed by atoms with van der Waals surface area (Å²) in [6.07, 6.45) is 4.25. The molecule has 0 radical (unpaired) electrons. The molecule has 25 heavy (non-hydrogen) atoms. The van der Waals surface area contributed by atoms with E-state index in [2.05, 4.69) is 24.6 Å². The van der Waals surface area contributed by atoms with Gasteiger partial charge in [0.05, 0.1) is 27.0 Å². The lowest BCUT2D eigenvalue weighted by Crippen LogP contribution is -2.33. The van der Waals surface area contributed by atoms with Crippen molar-refractivity contribution in [1.82, 2.24) is 19.7 Å². The molecule has 6 nitrogen and oxygen atoms in total. The number of hydrogen-bond acceptors (Lipinski definition) is 4. The number of fused-ring (bicyclic) bond motifs is 1. The average Bonchev–Trinajstić information content (AvgIpc) is 3.21. The van der Waals surface area contributed by atoms with Gasteiger partial charge >= 0.3 is 0 Å². The zero-order chi connectivity index (χ0) is 17.4. The van der Waals surface area contributed by atoms with Crippen LogP contribution in [0.25, 0.3) is 22.4 Å². The molecule has 3 heterocycles. The molecule has 0 bridgehead atoms. The van der Waals surface area contributed by atoms with Gasteiger partial charge in [0.1, 0.15) is 11.6 Å². The van der Waals surface area contributed by atoms with Crippen LogP contribution < -0.4 is 9.62 Å². The summed E-state index contributed by atoms with van der Waals surface area (Å²) in [7, 11) is -1.01. The van der Waals surface area contributed by atoms with Gasteiger partial charge in [-0.2, -0.15) is 0 Å². The molecule has 1 fully saturated rings. The summed E-state index contributed by atoms with van der Waals surface area (Å²) in [4.78, 5) is 14.6. The Labute approximate surface area is 153 Å². The van der Waals surface area contributed by atoms with Crippen molar-refractivity contribution in [2.45, 2.75) is 12.5 Å². The van der Waals surface area contributed by atoms with Crippen molar-refractivity contribution in [2.24, 2.45) is 0 Å². The van der Waals surface area contributed by atoms with Gasteiger partial charge in [-0.05, 0) is 24.6 Å². The monoisotopic (exact) mass is 375 g/mol. The van der Waals surface area contributed by atoms with Crippen LogP contribution in [0.15, 0.2) is 36.5 Å². The van der Waals surface area contributed by atoms with Gasteiger partial charge in [-0.25, -0.2) is 18.9 Å². The molecule has 0 spiro atoms. The molecule has 2 aromatic heterocycles. The molecular weight excluding hydrogens is 358 g/mol. The fourth-order valence-electron chi connectivity index (χ4n) is 3.16. The highest BCUT2D eigenvalue weighted by molar-refractivity contribution is 7.82. The van der Waals surface area contributed by atoms with Gasteiger partial charge in [-0.3, -0.25) is 0 Å². The molecular formula is C17H18ClN5OS. The summed E-state index contributed by atoms with van der Waals surface area (Å²) in [5.74, 6) is 1.59. The van der Waals surface area contributed by atoms with E-state index in [1.54, 1.807) is 12.5 Å². The predicted molar refractivity (Wildman–Crippen MR) is 102 cm³/mol. The summed E-state index contributed by atoms with van der Waals surface area (Å²) < 4.78 is 14.4. The van der Waals surface area contributed by atoms with Crippen molar-refractivity contribution in [3.05, 3.63) is 41.6 Å². The van der Waals surface area contributed by atoms with Gasteiger partial charge in [0.25, 0.3) is 0 Å². The Hall–Kier alpha value is -1.96. The zero-order valence-corrected chi connectivity index (χ0v) is 15.3. The van der Waals surface area contributed by atoms with Crippen molar-refractivity contribution in [1.29, 1.82) is 0 Å². The highest BCUT2D eigenvalue weighted by Gasteiger charge is 2.24. The van der Waals surface area contributed by atoms with Crippen LogP contribution in [0.5, 0.6) is 0 Å². The van der Waals surface area contributed by atoms with Gasteiger partial charge in [-0.1, -0.05) is 23.7 Å². The first-order valence-electron chi connectivity index (χ1n) is 8.05. The lowest BCUT2D eigenvalue weighted by Gasteiger charge is -2.18. The number of aromatic amines is 1. The molecule has 1 aliphatic rings. The second-order valence-electron chi connectivity index (χ2n) is 6.13. The fraction of sp³-hybridized carbons (Fsp3) is 0.294. The minimum absolute atomic E-state index is 0.206. The van der Waals surface area contributed by atoms with Gasteiger partial charge in [0.15, 0.2) is 0 Å². The minimum Gasteiger partial charge on any atom is -0.355 e. The van der Waals surface area contributed by atoms with Gasteiger partial charge < -0.3 is 9.88 Å². The number of anilines is 1. The van der Waals surface area contributed by atoms with Crippen molar-refractivity contribution in [2.75, 3.05) is 24.2 Å². The molecule has 2 atom stereocenters. The molecule has 0 saturated carbocycles. The Kier molecular flexibility index (Phi) is 4.45. The van der Waals surface area contributed by atoms with Crippen LogP contribution in [0.1, 0.15) is 6.42 Å². The van der Waals surface area contributed by atoms with Crippen LogP contribution in [-0.4, -0.2) is 44.5 Å². The van der Waals surface area contributed by atoms with E-state index in [1.165, 1.54) is 0 Å². The maximum atomic E-state index is 11.3. The Morgan fingerprint density at radius 1 is 1.40 bits per heavy atom. The van der Waals surface area contributed by atoms with E-state index in [-0.39, 0.29) is 6.04 Å². The van der Waals surface area contributed by atoms with E-state index in [1.807, 2.05) is 30.3 Å². The van der Waals surface area contributed by atoms with E-state index >= 15 is 0 Å². The Morgan fingerprint density at radius 3 is 3.04 bits per heavy atom. The number of halogens is 1. The maximum Gasteiger partial charge on any atom is 0.140 e. The number of rotatable bonds is 4. The van der Waals surface area contributed by atoms with Gasteiger partial charge in [-0.15, -0.1) is 0 Å². The van der Waals surface area contributed by atoms with E-state index < -0.39 is 11.0 Å². The second-order valence-corrected chi connectivity index (χ2v) is 7.68. The Morgan fingerprint density at radius 2 is 2.24 bits per heavy atom. The number of nitrogens with one attached hydrogen (secondary N) is 2. The van der Waals surface area contributed by atoms with Crippen LogP contribution in [0.4, 0.5) is 5.82 Å². The average molecular weight is 376 g/mol. The summed E-state index contributed by atoms with van der Waals surface area (Å²) in [6.45, 7) is 1.64. The van der Waals surface area contributed by atoms with Crippen LogP contribution in [0.2, 0.25) is 5.02 Å². The first kappa shape index (κ1) is 16.5. The number of benzene rings is 1. The second kappa shape index (κ2) is 6.74. The standard InChI is InChI=1S/C17H18ClN5OS/c1-25(24)22-11-6-7-23(10-11)16-8-12(13(18)9-19-16)17-20-14-4-2-3-5-15(14)21-17/h2-5,8-9,11,22H,6-7,10H2,1H3,(H,20,21). The number of hydrogen-bond donors (Lipinski definition) is 2. The molecule has 2 N–H and O–H groups in total. The SMILES string of the molecule is CS(=O)NC1CCN(c2cc(-c3nc4ccccc4[nH]3)c(Cl)cn2)C1. The van der Waals surface area contributed by atoms with E-state index in [0.29, 0.717) is 5.02 Å². The lowest BCUT2D eigenvalue weighted by molar-refractivity contribution is 0.642. The summed E-state index contributed by atoms with van der Waals surface area (Å²) in [5, 5.41) is 0.561. The highest BCUT2D eigenvalue weighted by Crippen LogP contribution is 2.31. The van der Waals surface area contributed by atoms with Crippen molar-refractivity contribution < 1.29 is 4.21 Å². The molecule has 1 saturated heterocycles. The Balaban J connectivity index is 1.64. The van der Waals surface area contributed by atoms with Crippen molar-refractivity contribution >= 4 is 39.4 Å². The molecule has 2 unspecified atom stereocenters. The largest absolute Gasteiger partial charge is 0.355 e. The van der Waals surface area contributed by atoms with Gasteiger partial charge in [0, 0.05) is 37.1 Å². The highest BCUT2D eigenvalue weighted by atomic mass is 35.5. The molecule has 130 valence electrons. The Bertz CT molecular complexity index is 911. The molecule has 0 amide bonds. The first-order chi connectivity index (χ1) is 12.1. The molecule has 3 aromatic rings. The van der Waals surface area contributed by atoms with E-state index in [9.17, 15) is 4.21 Å². The topological polar surface area (TPSA) is 73.9 Å². The van der Waals surface area contributed by atoms with Crippen LogP contribution in [0, 0.1) is 0 Å². The minimum atomic E-state index is -1.01. The summed E-state index contributed by atoms with van der Waals surface area (Å²) in [6, 6.07) is 10.1.